The number of sulfonamides is 1. The highest BCUT2D eigenvalue weighted by Gasteiger charge is 2.33. The molecular weight excluding hydrogens is 392 g/mol. The molecule has 158 valence electrons. The van der Waals surface area contributed by atoms with Crippen molar-refractivity contribution in [1.29, 1.82) is 0 Å². The maximum Gasteiger partial charge on any atom is 0.260 e. The first-order valence-corrected chi connectivity index (χ1v) is 11.3. The SMILES string of the molecule is CCCc1ccc(OCC(=O)N2CCN(S(=O)(=O)c3c(C)n[nH]c3C)CC2)cc1. The van der Waals surface area contributed by atoms with E-state index in [9.17, 15) is 13.2 Å². The monoisotopic (exact) mass is 420 g/mol. The van der Waals surface area contributed by atoms with Crippen molar-refractivity contribution in [1.82, 2.24) is 19.4 Å². The van der Waals surface area contributed by atoms with Gasteiger partial charge >= 0.3 is 0 Å². The summed E-state index contributed by atoms with van der Waals surface area (Å²) < 4.78 is 32.8. The Morgan fingerprint density at radius 2 is 1.79 bits per heavy atom. The summed E-state index contributed by atoms with van der Waals surface area (Å²) in [6, 6.07) is 7.76. The number of nitrogens with one attached hydrogen (secondary N) is 1. The Balaban J connectivity index is 1.53. The Morgan fingerprint density at radius 3 is 2.34 bits per heavy atom. The number of nitrogens with zero attached hydrogens (tertiary/aromatic N) is 3. The van der Waals surface area contributed by atoms with Crippen LogP contribution in [-0.2, 0) is 21.2 Å². The number of carbonyl (C=O) groups is 1. The molecule has 1 fully saturated rings. The second-order valence-electron chi connectivity index (χ2n) is 7.23. The molecule has 1 aromatic carbocycles. The highest BCUT2D eigenvalue weighted by molar-refractivity contribution is 7.89. The van der Waals surface area contributed by atoms with Gasteiger partial charge in [-0.2, -0.15) is 9.40 Å². The van der Waals surface area contributed by atoms with Crippen LogP contribution in [0.2, 0.25) is 0 Å². The van der Waals surface area contributed by atoms with Crippen molar-refractivity contribution >= 4 is 15.9 Å². The van der Waals surface area contributed by atoms with Crippen LogP contribution in [0.1, 0.15) is 30.3 Å². The molecule has 0 spiro atoms. The van der Waals surface area contributed by atoms with Gasteiger partial charge < -0.3 is 9.64 Å². The van der Waals surface area contributed by atoms with Crippen LogP contribution in [0.4, 0.5) is 0 Å². The third-order valence-electron chi connectivity index (χ3n) is 5.07. The molecule has 1 aliphatic heterocycles. The first-order chi connectivity index (χ1) is 13.8. The summed E-state index contributed by atoms with van der Waals surface area (Å²) >= 11 is 0. The molecule has 3 rings (SSSR count). The van der Waals surface area contributed by atoms with Gasteiger partial charge in [-0.05, 0) is 38.0 Å². The molecule has 0 bridgehead atoms. The van der Waals surface area contributed by atoms with Crippen molar-refractivity contribution in [3.8, 4) is 5.75 Å². The standard InChI is InChI=1S/C20H28N4O4S/c1-4-5-17-6-8-18(9-7-17)28-14-19(25)23-10-12-24(13-11-23)29(26,27)20-15(2)21-22-16(20)3/h6-9H,4-5,10-14H2,1-3H3,(H,21,22). The molecule has 1 amide bonds. The molecule has 2 heterocycles. The normalized spacial score (nSPS) is 15.5. The molecule has 1 aliphatic rings. The van der Waals surface area contributed by atoms with Crippen LogP contribution in [0.5, 0.6) is 5.75 Å². The number of hydrogen-bond donors (Lipinski definition) is 1. The van der Waals surface area contributed by atoms with Gasteiger partial charge in [0.05, 0.1) is 11.4 Å². The first kappa shape index (κ1) is 21.3. The van der Waals surface area contributed by atoms with Crippen LogP contribution >= 0.6 is 0 Å². The number of aryl methyl sites for hydroxylation is 3. The Morgan fingerprint density at radius 1 is 1.14 bits per heavy atom. The zero-order valence-corrected chi connectivity index (χ0v) is 18.0. The summed E-state index contributed by atoms with van der Waals surface area (Å²) in [4.78, 5) is 14.3. The van der Waals surface area contributed by atoms with E-state index in [1.54, 1.807) is 18.7 Å². The summed E-state index contributed by atoms with van der Waals surface area (Å²) in [6.07, 6.45) is 2.10. The zero-order chi connectivity index (χ0) is 21.0. The van der Waals surface area contributed by atoms with Crippen LogP contribution in [0.15, 0.2) is 29.2 Å². The van der Waals surface area contributed by atoms with Crippen molar-refractivity contribution in [3.63, 3.8) is 0 Å². The number of aromatic nitrogens is 2. The maximum atomic E-state index is 12.9. The summed E-state index contributed by atoms with van der Waals surface area (Å²) in [5, 5.41) is 6.69. The summed E-state index contributed by atoms with van der Waals surface area (Å²) in [5.41, 5.74) is 2.23. The Kier molecular flexibility index (Phi) is 6.59. The number of aromatic amines is 1. The van der Waals surface area contributed by atoms with Crippen molar-refractivity contribution in [2.75, 3.05) is 32.8 Å². The molecule has 9 heteroatoms. The fourth-order valence-electron chi connectivity index (χ4n) is 3.51. The fraction of sp³-hybridized carbons (Fsp3) is 0.500. The molecule has 0 radical (unpaired) electrons. The number of carbonyl (C=O) groups excluding carboxylic acids is 1. The molecule has 1 N–H and O–H groups in total. The van der Waals surface area contributed by atoms with Gasteiger partial charge in [-0.25, -0.2) is 8.42 Å². The lowest BCUT2D eigenvalue weighted by molar-refractivity contribution is -0.134. The van der Waals surface area contributed by atoms with E-state index >= 15 is 0 Å². The van der Waals surface area contributed by atoms with Gasteiger partial charge in [-0.3, -0.25) is 9.89 Å². The van der Waals surface area contributed by atoms with Gasteiger partial charge in [0.25, 0.3) is 5.91 Å². The number of ether oxygens (including phenoxy) is 1. The van der Waals surface area contributed by atoms with E-state index in [4.69, 9.17) is 4.74 Å². The van der Waals surface area contributed by atoms with Crippen LogP contribution in [0, 0.1) is 13.8 Å². The number of rotatable bonds is 7. The third kappa shape index (κ3) is 4.79. The summed E-state index contributed by atoms with van der Waals surface area (Å²) in [6.45, 7) is 6.62. The largest absolute Gasteiger partial charge is 0.484 e. The van der Waals surface area contributed by atoms with Gasteiger partial charge in [0.1, 0.15) is 10.6 Å². The van der Waals surface area contributed by atoms with E-state index in [2.05, 4.69) is 17.1 Å². The third-order valence-corrected chi connectivity index (χ3v) is 7.24. The minimum absolute atomic E-state index is 0.0557. The highest BCUT2D eigenvalue weighted by Crippen LogP contribution is 2.22. The van der Waals surface area contributed by atoms with Crippen LogP contribution in [0.3, 0.4) is 0 Å². The molecule has 29 heavy (non-hydrogen) atoms. The molecule has 2 aromatic rings. The highest BCUT2D eigenvalue weighted by atomic mass is 32.2. The quantitative estimate of drug-likeness (QED) is 0.738. The number of H-pyrrole nitrogens is 1. The van der Waals surface area contributed by atoms with E-state index in [0.717, 1.165) is 12.8 Å². The van der Waals surface area contributed by atoms with E-state index < -0.39 is 10.0 Å². The Labute approximate surface area is 171 Å². The Bertz CT molecular complexity index is 926. The van der Waals surface area contributed by atoms with Gasteiger partial charge in [0.15, 0.2) is 6.61 Å². The second kappa shape index (κ2) is 8.96. The minimum Gasteiger partial charge on any atom is -0.484 e. The van der Waals surface area contributed by atoms with Crippen LogP contribution in [0.25, 0.3) is 0 Å². The number of benzene rings is 1. The maximum absolute atomic E-state index is 12.9. The molecule has 0 atom stereocenters. The van der Waals surface area contributed by atoms with E-state index in [0.29, 0.717) is 30.2 Å². The second-order valence-corrected chi connectivity index (χ2v) is 9.11. The average molecular weight is 421 g/mol. The number of hydrogen-bond acceptors (Lipinski definition) is 5. The summed E-state index contributed by atoms with van der Waals surface area (Å²) in [7, 11) is -3.62. The van der Waals surface area contributed by atoms with Crippen molar-refractivity contribution in [3.05, 3.63) is 41.2 Å². The van der Waals surface area contributed by atoms with Crippen molar-refractivity contribution < 1.29 is 17.9 Å². The molecular formula is C20H28N4O4S. The molecule has 0 aliphatic carbocycles. The predicted molar refractivity (Wildman–Crippen MR) is 109 cm³/mol. The predicted octanol–water partition coefficient (Wildman–Crippen LogP) is 1.89. The molecule has 0 unspecified atom stereocenters. The molecule has 8 nitrogen and oxygen atoms in total. The number of amides is 1. The smallest absolute Gasteiger partial charge is 0.260 e. The Hall–Kier alpha value is -2.39. The topological polar surface area (TPSA) is 95.6 Å². The molecule has 1 aromatic heterocycles. The molecule has 1 saturated heterocycles. The molecule has 0 saturated carbocycles. The van der Waals surface area contributed by atoms with Crippen molar-refractivity contribution in [2.45, 2.75) is 38.5 Å². The minimum atomic E-state index is -3.62. The van der Waals surface area contributed by atoms with Gasteiger partial charge in [-0.15, -0.1) is 0 Å². The lowest BCUT2D eigenvalue weighted by Gasteiger charge is -2.34. The van der Waals surface area contributed by atoms with E-state index in [1.165, 1.54) is 9.87 Å². The first-order valence-electron chi connectivity index (χ1n) is 9.84. The lowest BCUT2D eigenvalue weighted by atomic mass is 10.1. The zero-order valence-electron chi connectivity index (χ0n) is 17.1. The van der Waals surface area contributed by atoms with Crippen LogP contribution < -0.4 is 4.74 Å². The number of piperazine rings is 1. The average Bonchev–Trinajstić information content (AvgIpc) is 3.06. The van der Waals surface area contributed by atoms with Gasteiger partial charge in [0.2, 0.25) is 10.0 Å². The van der Waals surface area contributed by atoms with E-state index in [-0.39, 0.29) is 30.5 Å². The van der Waals surface area contributed by atoms with Gasteiger partial charge in [0, 0.05) is 26.2 Å². The van der Waals surface area contributed by atoms with E-state index in [1.807, 2.05) is 24.3 Å². The lowest BCUT2D eigenvalue weighted by Crippen LogP contribution is -2.51. The fourth-order valence-corrected chi connectivity index (χ4v) is 5.26. The van der Waals surface area contributed by atoms with Crippen molar-refractivity contribution in [2.24, 2.45) is 0 Å². The van der Waals surface area contributed by atoms with Gasteiger partial charge in [-0.1, -0.05) is 25.5 Å². The van der Waals surface area contributed by atoms with Crippen LogP contribution in [-0.4, -0.2) is 66.5 Å². The summed E-state index contributed by atoms with van der Waals surface area (Å²) in [5.74, 6) is 0.515.